The lowest BCUT2D eigenvalue weighted by molar-refractivity contribution is -0.895. The summed E-state index contributed by atoms with van der Waals surface area (Å²) in [6.45, 7) is 4.39. The standard InChI is InChI=1S/C22H26N4O3S2/c1-16-7-8-18-19(14-23)22(30-20(18)13-16)24-21(27)15-25-9-11-26(12-10-25)31(28,29)17-5-3-2-4-6-17/h2-6,16H,7-13,15H2,1H3,(H,24,27)/p+1/t16-/m1/s1. The fraction of sp³-hybridized carbons (Fsp3) is 0.455. The second kappa shape index (κ2) is 9.09. The molecule has 4 rings (SSSR count). The molecule has 1 aliphatic heterocycles. The summed E-state index contributed by atoms with van der Waals surface area (Å²) >= 11 is 1.53. The average Bonchev–Trinajstić information content (AvgIpc) is 3.10. The van der Waals surface area contributed by atoms with Crippen LogP contribution in [-0.4, -0.2) is 51.4 Å². The molecule has 2 aromatic rings. The largest absolute Gasteiger partial charge is 0.325 e. The van der Waals surface area contributed by atoms with Crippen LogP contribution in [0.2, 0.25) is 0 Å². The molecular weight excluding hydrogens is 432 g/mol. The van der Waals surface area contributed by atoms with Crippen molar-refractivity contribution in [3.63, 3.8) is 0 Å². The van der Waals surface area contributed by atoms with Crippen molar-refractivity contribution in [2.45, 2.75) is 31.1 Å². The number of hydrogen-bond acceptors (Lipinski definition) is 5. The number of nitrogens with one attached hydrogen (secondary N) is 2. The van der Waals surface area contributed by atoms with Gasteiger partial charge in [-0.05, 0) is 42.9 Å². The maximum atomic E-state index is 12.8. The van der Waals surface area contributed by atoms with Gasteiger partial charge < -0.3 is 10.2 Å². The van der Waals surface area contributed by atoms with Crippen LogP contribution in [0.1, 0.15) is 29.3 Å². The first-order valence-electron chi connectivity index (χ1n) is 10.6. The molecule has 0 spiro atoms. The van der Waals surface area contributed by atoms with Crippen molar-refractivity contribution in [1.82, 2.24) is 4.31 Å². The molecule has 1 saturated heterocycles. The van der Waals surface area contributed by atoms with E-state index in [-0.39, 0.29) is 12.5 Å². The average molecular weight is 460 g/mol. The van der Waals surface area contributed by atoms with E-state index in [4.69, 9.17) is 0 Å². The van der Waals surface area contributed by atoms with Crippen molar-refractivity contribution in [1.29, 1.82) is 5.26 Å². The summed E-state index contributed by atoms with van der Waals surface area (Å²) in [6, 6.07) is 10.7. The van der Waals surface area contributed by atoms with Gasteiger partial charge in [0.05, 0.1) is 36.6 Å². The molecule has 9 heteroatoms. The lowest BCUT2D eigenvalue weighted by Crippen LogP contribution is -3.15. The van der Waals surface area contributed by atoms with Gasteiger partial charge in [0.2, 0.25) is 10.0 Å². The van der Waals surface area contributed by atoms with Crippen molar-refractivity contribution in [2.75, 3.05) is 38.0 Å². The Bertz CT molecular complexity index is 1100. The van der Waals surface area contributed by atoms with E-state index in [1.807, 2.05) is 0 Å². The number of nitriles is 1. The van der Waals surface area contributed by atoms with Gasteiger partial charge in [-0.15, -0.1) is 11.3 Å². The van der Waals surface area contributed by atoms with E-state index >= 15 is 0 Å². The van der Waals surface area contributed by atoms with Crippen molar-refractivity contribution in [2.24, 2.45) is 5.92 Å². The van der Waals surface area contributed by atoms with Gasteiger partial charge in [0.25, 0.3) is 5.91 Å². The molecule has 31 heavy (non-hydrogen) atoms. The Morgan fingerprint density at radius 2 is 2.00 bits per heavy atom. The first kappa shape index (κ1) is 22.0. The quantitative estimate of drug-likeness (QED) is 0.704. The molecule has 2 N–H and O–H groups in total. The van der Waals surface area contributed by atoms with Crippen LogP contribution in [-0.2, 0) is 27.7 Å². The van der Waals surface area contributed by atoms with E-state index in [0.717, 1.165) is 29.7 Å². The lowest BCUT2D eigenvalue weighted by atomic mass is 9.89. The highest BCUT2D eigenvalue weighted by Crippen LogP contribution is 2.39. The minimum absolute atomic E-state index is 0.127. The summed E-state index contributed by atoms with van der Waals surface area (Å²) in [4.78, 5) is 15.2. The highest BCUT2D eigenvalue weighted by atomic mass is 32.2. The van der Waals surface area contributed by atoms with Crippen LogP contribution in [0.5, 0.6) is 0 Å². The van der Waals surface area contributed by atoms with Gasteiger partial charge in [-0.25, -0.2) is 8.42 Å². The van der Waals surface area contributed by atoms with E-state index in [1.54, 1.807) is 30.3 Å². The number of carbonyl (C=O) groups excluding carboxylic acids is 1. The molecular formula is C22H27N4O3S2+. The van der Waals surface area contributed by atoms with Crippen LogP contribution < -0.4 is 10.2 Å². The monoisotopic (exact) mass is 459 g/mol. The Hall–Kier alpha value is -2.25. The Morgan fingerprint density at radius 3 is 2.68 bits per heavy atom. The summed E-state index contributed by atoms with van der Waals surface area (Å²) in [5.41, 5.74) is 1.72. The molecule has 1 atom stereocenters. The summed E-state index contributed by atoms with van der Waals surface area (Å²) in [5.74, 6) is 0.478. The molecule has 7 nitrogen and oxygen atoms in total. The van der Waals surface area contributed by atoms with Crippen molar-refractivity contribution >= 4 is 32.3 Å². The summed E-state index contributed by atoms with van der Waals surface area (Å²) in [6.07, 6.45) is 2.94. The van der Waals surface area contributed by atoms with Gasteiger partial charge in [-0.3, -0.25) is 4.79 Å². The summed E-state index contributed by atoms with van der Waals surface area (Å²) in [5, 5.41) is 13.2. The van der Waals surface area contributed by atoms with Gasteiger partial charge in [0.1, 0.15) is 11.1 Å². The van der Waals surface area contributed by atoms with Crippen LogP contribution in [0.15, 0.2) is 35.2 Å². The Kier molecular flexibility index (Phi) is 6.44. The van der Waals surface area contributed by atoms with Crippen molar-refractivity contribution in [3.8, 4) is 6.07 Å². The smallest absolute Gasteiger partial charge is 0.280 e. The van der Waals surface area contributed by atoms with Crippen LogP contribution >= 0.6 is 11.3 Å². The minimum atomic E-state index is -3.49. The molecule has 1 aromatic carbocycles. The van der Waals surface area contributed by atoms with Gasteiger partial charge in [-0.1, -0.05) is 25.1 Å². The van der Waals surface area contributed by atoms with Gasteiger partial charge >= 0.3 is 0 Å². The second-order valence-corrected chi connectivity index (χ2v) is 11.4. The number of quaternary nitrogens is 1. The Balaban J connectivity index is 1.35. The zero-order valence-corrected chi connectivity index (χ0v) is 19.2. The molecule has 1 aliphatic carbocycles. The van der Waals surface area contributed by atoms with E-state index in [1.165, 1.54) is 20.5 Å². The number of rotatable bonds is 5. The molecule has 0 radical (unpaired) electrons. The highest BCUT2D eigenvalue weighted by molar-refractivity contribution is 7.89. The Morgan fingerprint density at radius 1 is 1.29 bits per heavy atom. The molecule has 0 saturated carbocycles. The third kappa shape index (κ3) is 4.67. The third-order valence-corrected chi connectivity index (χ3v) is 9.18. The zero-order chi connectivity index (χ0) is 22.0. The number of sulfonamides is 1. The molecule has 164 valence electrons. The number of anilines is 1. The molecule has 2 aliphatic rings. The van der Waals surface area contributed by atoms with Crippen LogP contribution in [0.25, 0.3) is 0 Å². The van der Waals surface area contributed by atoms with Crippen LogP contribution in [0.4, 0.5) is 5.00 Å². The number of benzene rings is 1. The molecule has 1 fully saturated rings. The first-order valence-corrected chi connectivity index (χ1v) is 12.9. The van der Waals surface area contributed by atoms with E-state index in [0.29, 0.717) is 47.6 Å². The molecule has 1 aromatic heterocycles. The minimum Gasteiger partial charge on any atom is -0.325 e. The Labute approximate surface area is 187 Å². The predicted octanol–water partition coefficient (Wildman–Crippen LogP) is 1.27. The SMILES string of the molecule is C[C@@H]1CCc2c(sc(NC(=O)C[NH+]3CCN(S(=O)(=O)c4ccccc4)CC3)c2C#N)C1. The number of amides is 1. The molecule has 0 bridgehead atoms. The molecule has 1 amide bonds. The summed E-state index contributed by atoms with van der Waals surface area (Å²) < 4.78 is 27.0. The van der Waals surface area contributed by atoms with Gasteiger partial charge in [-0.2, -0.15) is 9.57 Å². The predicted molar refractivity (Wildman–Crippen MR) is 120 cm³/mol. The zero-order valence-electron chi connectivity index (χ0n) is 17.6. The van der Waals surface area contributed by atoms with Crippen LogP contribution in [0, 0.1) is 17.2 Å². The van der Waals surface area contributed by atoms with E-state index in [9.17, 15) is 18.5 Å². The van der Waals surface area contributed by atoms with E-state index < -0.39 is 10.0 Å². The highest BCUT2D eigenvalue weighted by Gasteiger charge is 2.31. The van der Waals surface area contributed by atoms with Gasteiger partial charge in [0.15, 0.2) is 6.54 Å². The van der Waals surface area contributed by atoms with Crippen molar-refractivity contribution in [3.05, 3.63) is 46.3 Å². The number of fused-ring (bicyclic) bond motifs is 1. The number of nitrogens with zero attached hydrogens (tertiary/aromatic N) is 2. The molecule has 2 heterocycles. The topological polar surface area (TPSA) is 94.7 Å². The first-order chi connectivity index (χ1) is 14.9. The maximum absolute atomic E-state index is 12.8. The fourth-order valence-corrected chi connectivity index (χ4v) is 7.16. The van der Waals surface area contributed by atoms with E-state index in [2.05, 4.69) is 18.3 Å². The fourth-order valence-electron chi connectivity index (χ4n) is 4.32. The number of piperazine rings is 1. The number of thiophene rings is 1. The molecule has 0 unspecified atom stereocenters. The van der Waals surface area contributed by atoms with Crippen molar-refractivity contribution < 1.29 is 18.1 Å². The maximum Gasteiger partial charge on any atom is 0.280 e. The summed E-state index contributed by atoms with van der Waals surface area (Å²) in [7, 11) is -3.49. The third-order valence-electron chi connectivity index (χ3n) is 6.10. The lowest BCUT2D eigenvalue weighted by Gasteiger charge is -2.31. The second-order valence-electron chi connectivity index (χ2n) is 8.36. The van der Waals surface area contributed by atoms with Gasteiger partial charge in [0, 0.05) is 4.88 Å². The normalized spacial score (nSPS) is 20.1. The number of carbonyl (C=O) groups is 1. The van der Waals surface area contributed by atoms with Crippen LogP contribution in [0.3, 0.4) is 0 Å². The number of hydrogen-bond donors (Lipinski definition) is 2.